The van der Waals surface area contributed by atoms with E-state index < -0.39 is 0 Å². The first-order chi connectivity index (χ1) is 22.6. The third-order valence-corrected chi connectivity index (χ3v) is 10.3. The summed E-state index contributed by atoms with van der Waals surface area (Å²) in [5.74, 6) is 1.97. The van der Waals surface area contributed by atoms with Crippen LogP contribution in [0.3, 0.4) is 0 Å². The summed E-state index contributed by atoms with van der Waals surface area (Å²) < 4.78 is 0. The third kappa shape index (κ3) is 6.50. The van der Waals surface area contributed by atoms with E-state index in [4.69, 9.17) is 9.98 Å². The van der Waals surface area contributed by atoms with Gasteiger partial charge < -0.3 is 0 Å². The van der Waals surface area contributed by atoms with Crippen molar-refractivity contribution in [2.75, 3.05) is 11.5 Å². The molecule has 0 atom stereocenters. The second kappa shape index (κ2) is 13.8. The Labute approximate surface area is 280 Å². The summed E-state index contributed by atoms with van der Waals surface area (Å²) in [6, 6.07) is 51.5. The maximum absolute atomic E-state index is 5.54. The Hall–Kier alpha value is -4.64. The summed E-state index contributed by atoms with van der Waals surface area (Å²) in [5, 5.41) is 1.93. The summed E-state index contributed by atoms with van der Waals surface area (Å²) in [6.07, 6.45) is 0. The minimum atomic E-state index is 0.966. The monoisotopic (exact) mass is 630 g/mol. The van der Waals surface area contributed by atoms with Gasteiger partial charge in [-0.25, -0.2) is 9.98 Å². The van der Waals surface area contributed by atoms with E-state index in [1.807, 2.05) is 0 Å². The van der Waals surface area contributed by atoms with Crippen molar-refractivity contribution in [3.8, 4) is 44.5 Å². The zero-order valence-corrected chi connectivity index (χ0v) is 27.6. The number of aryl methyl sites for hydroxylation is 2. The van der Waals surface area contributed by atoms with Gasteiger partial charge in [-0.3, -0.25) is 0 Å². The van der Waals surface area contributed by atoms with Crippen molar-refractivity contribution >= 4 is 45.0 Å². The highest BCUT2D eigenvalue weighted by Crippen LogP contribution is 2.44. The second-order valence-corrected chi connectivity index (χ2v) is 13.6. The van der Waals surface area contributed by atoms with E-state index >= 15 is 0 Å². The van der Waals surface area contributed by atoms with Crippen LogP contribution in [0.25, 0.3) is 44.5 Å². The first-order valence-electron chi connectivity index (χ1n) is 15.6. The van der Waals surface area contributed by atoms with Crippen LogP contribution >= 0.6 is 23.5 Å². The fraction of sp³-hybridized carbons (Fsp3) is 0.0952. The van der Waals surface area contributed by atoms with Gasteiger partial charge in [0.15, 0.2) is 0 Å². The summed E-state index contributed by atoms with van der Waals surface area (Å²) in [4.78, 5) is 11.1. The molecule has 0 bridgehead atoms. The largest absolute Gasteiger partial charge is 0.238 e. The third-order valence-electron chi connectivity index (χ3n) is 8.02. The lowest BCUT2D eigenvalue weighted by molar-refractivity contribution is 1.42. The van der Waals surface area contributed by atoms with Gasteiger partial charge in [0, 0.05) is 33.8 Å². The van der Waals surface area contributed by atoms with E-state index in [1.165, 1.54) is 11.1 Å². The Bertz CT molecular complexity index is 1760. The normalized spacial score (nSPS) is 14.9. The molecule has 6 aromatic carbocycles. The van der Waals surface area contributed by atoms with Gasteiger partial charge in [0.2, 0.25) is 0 Å². The number of nitrogens with zero attached hydrogens (tertiary/aromatic N) is 2. The quantitative estimate of drug-likeness (QED) is 0.183. The maximum Gasteiger partial charge on any atom is 0.129 e. The Morgan fingerprint density at radius 3 is 0.913 bits per heavy atom. The minimum Gasteiger partial charge on any atom is -0.238 e. The standard InChI is InChI=1S/C42H34N2S2/c1-29-25-35(31-15-7-3-8-16-31)39(36(26-29)32-17-9-4-10-18-32)43-41-42(46-24-23-45-41)44-40-37(33-19-11-5-12-20-33)27-30(2)28-38(40)34-21-13-6-14-22-34/h3-22,25-28H,23-24H2,1-2H3. The molecule has 0 radical (unpaired) electrons. The van der Waals surface area contributed by atoms with E-state index in [2.05, 4.69) is 159 Å². The van der Waals surface area contributed by atoms with Crippen molar-refractivity contribution in [1.29, 1.82) is 0 Å². The van der Waals surface area contributed by atoms with Crippen LogP contribution in [0, 0.1) is 13.8 Å². The lowest BCUT2D eigenvalue weighted by atomic mass is 9.93. The zero-order valence-electron chi connectivity index (χ0n) is 26.0. The molecule has 0 N–H and O–H groups in total. The Balaban J connectivity index is 1.47. The number of thioether (sulfide) groups is 2. The number of aliphatic imine (C=N–C) groups is 2. The Morgan fingerprint density at radius 2 is 0.652 bits per heavy atom. The maximum atomic E-state index is 5.54. The van der Waals surface area contributed by atoms with E-state index in [0.717, 1.165) is 77.5 Å². The van der Waals surface area contributed by atoms with Crippen LogP contribution in [0.15, 0.2) is 156 Å². The molecule has 46 heavy (non-hydrogen) atoms. The van der Waals surface area contributed by atoms with Gasteiger partial charge in [-0.1, -0.05) is 121 Å². The predicted octanol–water partition coefficient (Wildman–Crippen LogP) is 12.2. The van der Waals surface area contributed by atoms with Gasteiger partial charge in [-0.2, -0.15) is 0 Å². The Kier molecular flexibility index (Phi) is 9.00. The highest BCUT2D eigenvalue weighted by molar-refractivity contribution is 8.27. The smallest absolute Gasteiger partial charge is 0.129 e. The molecule has 1 heterocycles. The van der Waals surface area contributed by atoms with Crippen molar-refractivity contribution < 1.29 is 0 Å². The summed E-state index contributed by atoms with van der Waals surface area (Å²) >= 11 is 3.60. The minimum absolute atomic E-state index is 0.966. The van der Waals surface area contributed by atoms with Gasteiger partial charge in [-0.15, -0.1) is 23.5 Å². The van der Waals surface area contributed by atoms with E-state index in [-0.39, 0.29) is 0 Å². The first kappa shape index (κ1) is 30.0. The highest BCUT2D eigenvalue weighted by atomic mass is 32.2. The molecule has 0 spiro atoms. The van der Waals surface area contributed by atoms with Crippen molar-refractivity contribution in [2.45, 2.75) is 13.8 Å². The molecular formula is C42H34N2S2. The lowest BCUT2D eigenvalue weighted by Gasteiger charge is -2.20. The van der Waals surface area contributed by atoms with Crippen LogP contribution in [-0.2, 0) is 0 Å². The highest BCUT2D eigenvalue weighted by Gasteiger charge is 2.22. The summed E-state index contributed by atoms with van der Waals surface area (Å²) in [6.45, 7) is 4.34. The summed E-state index contributed by atoms with van der Waals surface area (Å²) in [7, 11) is 0. The number of hydrogen-bond acceptors (Lipinski definition) is 4. The predicted molar refractivity (Wildman–Crippen MR) is 203 cm³/mol. The van der Waals surface area contributed by atoms with Crippen molar-refractivity contribution in [3.05, 3.63) is 157 Å². The summed E-state index contributed by atoms with van der Waals surface area (Å²) in [5.41, 5.74) is 13.5. The fourth-order valence-corrected chi connectivity index (χ4v) is 7.97. The number of rotatable bonds is 6. The van der Waals surface area contributed by atoms with Crippen molar-refractivity contribution in [2.24, 2.45) is 9.98 Å². The topological polar surface area (TPSA) is 24.7 Å². The molecule has 0 aromatic heterocycles. The van der Waals surface area contributed by atoms with Crippen LogP contribution < -0.4 is 0 Å². The van der Waals surface area contributed by atoms with Gasteiger partial charge in [0.05, 0.1) is 11.4 Å². The molecule has 1 aliphatic rings. The van der Waals surface area contributed by atoms with Crippen LogP contribution in [-0.4, -0.2) is 21.6 Å². The average Bonchev–Trinajstić information content (AvgIpc) is 3.11. The molecule has 1 aliphatic heterocycles. The number of hydrogen-bond donors (Lipinski definition) is 0. The van der Waals surface area contributed by atoms with E-state index in [1.54, 1.807) is 23.5 Å². The van der Waals surface area contributed by atoms with E-state index in [9.17, 15) is 0 Å². The Morgan fingerprint density at radius 1 is 0.391 bits per heavy atom. The molecule has 6 aromatic rings. The second-order valence-electron chi connectivity index (χ2n) is 11.4. The molecule has 1 fully saturated rings. The van der Waals surface area contributed by atoms with Crippen molar-refractivity contribution in [3.63, 3.8) is 0 Å². The lowest BCUT2D eigenvalue weighted by Crippen LogP contribution is -2.14. The molecular weight excluding hydrogens is 597 g/mol. The SMILES string of the molecule is Cc1cc(-c2ccccc2)c(N=C2SCCSC2=Nc2c(-c3ccccc3)cc(C)cc2-c2ccccc2)c(-c2ccccc2)c1. The van der Waals surface area contributed by atoms with Crippen LogP contribution in [0.4, 0.5) is 11.4 Å². The molecule has 0 aliphatic carbocycles. The van der Waals surface area contributed by atoms with Gasteiger partial charge in [-0.05, 0) is 71.5 Å². The molecule has 224 valence electrons. The van der Waals surface area contributed by atoms with E-state index in [0.29, 0.717) is 0 Å². The number of benzene rings is 6. The first-order valence-corrected chi connectivity index (χ1v) is 17.6. The molecule has 0 amide bonds. The average molecular weight is 631 g/mol. The van der Waals surface area contributed by atoms with Gasteiger partial charge >= 0.3 is 0 Å². The molecule has 0 unspecified atom stereocenters. The zero-order chi connectivity index (χ0) is 31.3. The van der Waals surface area contributed by atoms with Gasteiger partial charge in [0.1, 0.15) is 10.1 Å². The molecule has 4 heteroatoms. The molecule has 7 rings (SSSR count). The van der Waals surface area contributed by atoms with Crippen molar-refractivity contribution in [1.82, 2.24) is 0 Å². The van der Waals surface area contributed by atoms with Gasteiger partial charge in [0.25, 0.3) is 0 Å². The molecule has 1 saturated heterocycles. The molecule has 0 saturated carbocycles. The van der Waals surface area contributed by atoms with Crippen LogP contribution in [0.2, 0.25) is 0 Å². The van der Waals surface area contributed by atoms with Crippen LogP contribution in [0.1, 0.15) is 11.1 Å². The molecule has 2 nitrogen and oxygen atoms in total. The van der Waals surface area contributed by atoms with Crippen LogP contribution in [0.5, 0.6) is 0 Å². The fourth-order valence-electron chi connectivity index (χ4n) is 5.91.